The molecule has 0 saturated heterocycles. The van der Waals surface area contributed by atoms with Crippen LogP contribution < -0.4 is 4.74 Å². The Labute approximate surface area is 145 Å². The maximum Gasteiger partial charge on any atom is 0.241 e. The Morgan fingerprint density at radius 2 is 1.88 bits per heavy atom. The summed E-state index contributed by atoms with van der Waals surface area (Å²) in [4.78, 5) is 13.0. The van der Waals surface area contributed by atoms with Crippen molar-refractivity contribution >= 4 is 33.2 Å². The Bertz CT molecular complexity index is 1020. The predicted molar refractivity (Wildman–Crippen MR) is 92.1 cm³/mol. The molecule has 118 valence electrons. The van der Waals surface area contributed by atoms with Crippen LogP contribution in [0.2, 0.25) is 5.02 Å². The number of hydrogen-bond acceptors (Lipinski definition) is 5. The number of rotatable bonds is 3. The molecule has 0 fully saturated rings. The van der Waals surface area contributed by atoms with Gasteiger partial charge < -0.3 is 4.74 Å². The van der Waals surface area contributed by atoms with E-state index in [0.29, 0.717) is 16.7 Å². The van der Waals surface area contributed by atoms with Crippen molar-refractivity contribution in [3.05, 3.63) is 65.0 Å². The molecular weight excluding hydrogens is 349 g/mol. The molecule has 0 aliphatic heterocycles. The second kappa shape index (κ2) is 6.14. The largest absolute Gasteiger partial charge is 0.434 e. The molecule has 3 heterocycles. The van der Waals surface area contributed by atoms with Gasteiger partial charge in [0, 0.05) is 23.0 Å². The van der Waals surface area contributed by atoms with Crippen LogP contribution in [0.3, 0.4) is 0 Å². The summed E-state index contributed by atoms with van der Waals surface area (Å²) in [5.41, 5.74) is 1.55. The Morgan fingerprint density at radius 1 is 1.04 bits per heavy atom. The monoisotopic (exact) mass is 357 g/mol. The molecule has 0 aliphatic rings. The van der Waals surface area contributed by atoms with E-state index in [4.69, 9.17) is 16.3 Å². The SMILES string of the molecule is Fc1cc(Cl)ccc1Oc1nc(-c2ccncc2)nc2ccsc12. The van der Waals surface area contributed by atoms with Gasteiger partial charge in [-0.2, -0.15) is 4.98 Å². The van der Waals surface area contributed by atoms with Gasteiger partial charge in [0.25, 0.3) is 0 Å². The van der Waals surface area contributed by atoms with Crippen LogP contribution in [0.5, 0.6) is 11.6 Å². The molecule has 3 aromatic heterocycles. The molecule has 4 nitrogen and oxygen atoms in total. The van der Waals surface area contributed by atoms with Crippen LogP contribution in [0.25, 0.3) is 21.6 Å². The molecule has 0 bridgehead atoms. The number of halogens is 2. The van der Waals surface area contributed by atoms with Crippen LogP contribution in [0.4, 0.5) is 4.39 Å². The van der Waals surface area contributed by atoms with Crippen molar-refractivity contribution < 1.29 is 9.13 Å². The number of thiophene rings is 1. The molecule has 24 heavy (non-hydrogen) atoms. The van der Waals surface area contributed by atoms with E-state index in [9.17, 15) is 4.39 Å². The second-order valence-electron chi connectivity index (χ2n) is 4.90. The molecule has 0 saturated carbocycles. The van der Waals surface area contributed by atoms with Gasteiger partial charge in [-0.25, -0.2) is 9.37 Å². The quantitative estimate of drug-likeness (QED) is 0.496. The Morgan fingerprint density at radius 3 is 2.67 bits per heavy atom. The van der Waals surface area contributed by atoms with Crippen LogP contribution in [0.1, 0.15) is 0 Å². The number of benzene rings is 1. The molecule has 7 heteroatoms. The van der Waals surface area contributed by atoms with Crippen molar-refractivity contribution in [3.8, 4) is 23.0 Å². The average Bonchev–Trinajstić information content (AvgIpc) is 3.07. The minimum absolute atomic E-state index is 0.0634. The van der Waals surface area contributed by atoms with Crippen molar-refractivity contribution in [1.82, 2.24) is 15.0 Å². The van der Waals surface area contributed by atoms with Crippen molar-refractivity contribution in [2.24, 2.45) is 0 Å². The lowest BCUT2D eigenvalue weighted by molar-refractivity contribution is 0.433. The zero-order valence-electron chi connectivity index (χ0n) is 12.1. The van der Waals surface area contributed by atoms with E-state index in [2.05, 4.69) is 15.0 Å². The summed E-state index contributed by atoms with van der Waals surface area (Å²) in [7, 11) is 0. The number of fused-ring (bicyclic) bond motifs is 1. The first-order chi connectivity index (χ1) is 11.7. The summed E-state index contributed by atoms with van der Waals surface area (Å²) in [6, 6.07) is 9.73. The third kappa shape index (κ3) is 2.81. The summed E-state index contributed by atoms with van der Waals surface area (Å²) >= 11 is 7.21. The van der Waals surface area contributed by atoms with Crippen molar-refractivity contribution in [1.29, 1.82) is 0 Å². The van der Waals surface area contributed by atoms with Crippen LogP contribution in [0.15, 0.2) is 54.2 Å². The fourth-order valence-corrected chi connectivity index (χ4v) is 3.11. The van der Waals surface area contributed by atoms with Crippen LogP contribution in [0, 0.1) is 5.82 Å². The zero-order chi connectivity index (χ0) is 16.5. The molecule has 0 unspecified atom stereocenters. The molecule has 0 spiro atoms. The highest BCUT2D eigenvalue weighted by Crippen LogP contribution is 2.34. The van der Waals surface area contributed by atoms with Gasteiger partial charge >= 0.3 is 0 Å². The summed E-state index contributed by atoms with van der Waals surface area (Å²) in [5, 5.41) is 2.20. The second-order valence-corrected chi connectivity index (χ2v) is 6.25. The molecular formula is C17H9ClFN3OS. The van der Waals surface area contributed by atoms with Crippen LogP contribution in [-0.4, -0.2) is 15.0 Å². The number of ether oxygens (including phenoxy) is 1. The van der Waals surface area contributed by atoms with E-state index in [1.807, 2.05) is 11.4 Å². The third-order valence-electron chi connectivity index (χ3n) is 3.31. The van der Waals surface area contributed by atoms with E-state index in [0.717, 1.165) is 15.8 Å². The summed E-state index contributed by atoms with van der Waals surface area (Å²) in [6.07, 6.45) is 3.33. The highest BCUT2D eigenvalue weighted by molar-refractivity contribution is 7.17. The first-order valence-corrected chi connectivity index (χ1v) is 8.25. The standard InChI is InChI=1S/C17H9ClFN3OS/c18-11-1-2-14(12(19)9-11)23-17-15-13(5-8-24-15)21-16(22-17)10-3-6-20-7-4-10/h1-9H. The lowest BCUT2D eigenvalue weighted by Crippen LogP contribution is -1.96. The lowest BCUT2D eigenvalue weighted by atomic mass is 10.2. The fraction of sp³-hybridized carbons (Fsp3) is 0. The Balaban J connectivity index is 1.83. The van der Waals surface area contributed by atoms with Gasteiger partial charge in [-0.3, -0.25) is 4.98 Å². The van der Waals surface area contributed by atoms with E-state index in [-0.39, 0.29) is 5.75 Å². The molecule has 0 N–H and O–H groups in total. The predicted octanol–water partition coefficient (Wildman–Crippen LogP) is 5.34. The van der Waals surface area contributed by atoms with Gasteiger partial charge in [0.15, 0.2) is 17.4 Å². The van der Waals surface area contributed by atoms with Gasteiger partial charge in [-0.15, -0.1) is 11.3 Å². The van der Waals surface area contributed by atoms with Crippen molar-refractivity contribution in [2.75, 3.05) is 0 Å². The van der Waals surface area contributed by atoms with Crippen molar-refractivity contribution in [3.63, 3.8) is 0 Å². The van der Waals surface area contributed by atoms with Gasteiger partial charge in [-0.1, -0.05) is 11.6 Å². The number of nitrogens with zero attached hydrogens (tertiary/aromatic N) is 3. The van der Waals surface area contributed by atoms with E-state index >= 15 is 0 Å². The lowest BCUT2D eigenvalue weighted by Gasteiger charge is -2.09. The highest BCUT2D eigenvalue weighted by atomic mass is 35.5. The van der Waals surface area contributed by atoms with Gasteiger partial charge in [0.1, 0.15) is 4.70 Å². The Hall–Kier alpha value is -2.57. The summed E-state index contributed by atoms with van der Waals surface area (Å²) < 4.78 is 20.5. The van der Waals surface area contributed by atoms with Gasteiger partial charge in [0.05, 0.1) is 5.52 Å². The average molecular weight is 358 g/mol. The van der Waals surface area contributed by atoms with Crippen LogP contribution in [-0.2, 0) is 0 Å². The molecule has 0 amide bonds. The molecule has 1 aromatic carbocycles. The third-order valence-corrected chi connectivity index (χ3v) is 4.44. The fourth-order valence-electron chi connectivity index (χ4n) is 2.20. The Kier molecular flexibility index (Phi) is 3.84. The molecule has 4 rings (SSSR count). The minimum Gasteiger partial charge on any atom is -0.434 e. The van der Waals surface area contributed by atoms with E-state index in [1.165, 1.54) is 23.5 Å². The summed E-state index contributed by atoms with van der Waals surface area (Å²) in [6.45, 7) is 0. The first kappa shape index (κ1) is 15.0. The summed E-state index contributed by atoms with van der Waals surface area (Å²) in [5.74, 6) is 0.320. The minimum atomic E-state index is -0.545. The zero-order valence-corrected chi connectivity index (χ0v) is 13.7. The first-order valence-electron chi connectivity index (χ1n) is 6.99. The maximum atomic E-state index is 14.0. The van der Waals surface area contributed by atoms with Gasteiger partial charge in [0.2, 0.25) is 5.88 Å². The van der Waals surface area contributed by atoms with E-state index in [1.54, 1.807) is 30.6 Å². The number of pyridine rings is 1. The normalized spacial score (nSPS) is 10.9. The topological polar surface area (TPSA) is 47.9 Å². The molecule has 0 aliphatic carbocycles. The van der Waals surface area contributed by atoms with Crippen LogP contribution >= 0.6 is 22.9 Å². The van der Waals surface area contributed by atoms with Gasteiger partial charge in [-0.05, 0) is 41.8 Å². The molecule has 4 aromatic rings. The van der Waals surface area contributed by atoms with Crippen molar-refractivity contribution in [2.45, 2.75) is 0 Å². The molecule has 0 radical (unpaired) electrons. The number of hydrogen-bond donors (Lipinski definition) is 0. The maximum absolute atomic E-state index is 14.0. The number of aromatic nitrogens is 3. The highest BCUT2D eigenvalue weighted by Gasteiger charge is 2.14. The molecule has 0 atom stereocenters. The smallest absolute Gasteiger partial charge is 0.241 e. The van der Waals surface area contributed by atoms with E-state index < -0.39 is 5.82 Å².